The second-order valence-corrected chi connectivity index (χ2v) is 9.03. The molecule has 0 bridgehead atoms. The zero-order chi connectivity index (χ0) is 24.7. The summed E-state index contributed by atoms with van der Waals surface area (Å²) in [4.78, 5) is 30.1. The number of nitrogens with zero attached hydrogens (tertiary/aromatic N) is 3. The number of hydrogen-bond donors (Lipinski definition) is 3. The largest absolute Gasteiger partial charge is 0.396 e. The predicted molar refractivity (Wildman–Crippen MR) is 134 cm³/mol. The second kappa shape index (κ2) is 12.0. The summed E-state index contributed by atoms with van der Waals surface area (Å²) in [5.74, 6) is 0.0489. The average molecular weight is 487 g/mol. The number of hydrogen-bond acceptors (Lipinski definition) is 6. The zero-order valence-corrected chi connectivity index (χ0v) is 20.2. The fourth-order valence-electron chi connectivity index (χ4n) is 3.53. The van der Waals surface area contributed by atoms with Gasteiger partial charge in [0.25, 0.3) is 0 Å². The summed E-state index contributed by atoms with van der Waals surface area (Å²) in [7, 11) is 0. The molecule has 0 aliphatic rings. The number of nitrogens with one attached hydrogen (secondary N) is 1. The highest BCUT2D eigenvalue weighted by atomic mass is 35.5. The lowest BCUT2D eigenvalue weighted by molar-refractivity contribution is 0.134. The SMILES string of the molecule is CCC(C)Cc1ccc(Nc2nc(=O)n(CC(CO)CO)c(=O)n2Cc2ccc(Cl)cc2)cc1. The van der Waals surface area contributed by atoms with Gasteiger partial charge in [0.1, 0.15) is 0 Å². The molecule has 3 rings (SSSR count). The van der Waals surface area contributed by atoms with E-state index in [0.717, 1.165) is 23.0 Å². The van der Waals surface area contributed by atoms with Gasteiger partial charge in [0.05, 0.1) is 6.54 Å². The molecule has 9 heteroatoms. The molecular formula is C25H31ClN4O4. The van der Waals surface area contributed by atoms with Gasteiger partial charge < -0.3 is 15.5 Å². The van der Waals surface area contributed by atoms with Crippen LogP contribution in [-0.4, -0.2) is 37.5 Å². The van der Waals surface area contributed by atoms with Gasteiger partial charge in [-0.25, -0.2) is 14.2 Å². The highest BCUT2D eigenvalue weighted by Crippen LogP contribution is 2.18. The van der Waals surface area contributed by atoms with E-state index in [1.54, 1.807) is 24.3 Å². The maximum absolute atomic E-state index is 13.3. The van der Waals surface area contributed by atoms with Gasteiger partial charge in [0, 0.05) is 36.4 Å². The summed E-state index contributed by atoms with van der Waals surface area (Å²) in [5, 5.41) is 22.5. The lowest BCUT2D eigenvalue weighted by atomic mass is 9.99. The van der Waals surface area contributed by atoms with Gasteiger partial charge in [-0.3, -0.25) is 4.57 Å². The molecule has 2 aromatic carbocycles. The monoisotopic (exact) mass is 486 g/mol. The fraction of sp³-hybridized carbons (Fsp3) is 0.400. The van der Waals surface area contributed by atoms with Crippen LogP contribution in [0.1, 0.15) is 31.4 Å². The van der Waals surface area contributed by atoms with Crippen LogP contribution in [0.4, 0.5) is 11.6 Å². The minimum Gasteiger partial charge on any atom is -0.396 e. The molecule has 1 unspecified atom stereocenters. The van der Waals surface area contributed by atoms with Crippen LogP contribution in [0.3, 0.4) is 0 Å². The number of aromatic nitrogens is 3. The van der Waals surface area contributed by atoms with E-state index in [4.69, 9.17) is 11.6 Å². The molecule has 0 amide bonds. The molecule has 0 radical (unpaired) electrons. The van der Waals surface area contributed by atoms with Crippen molar-refractivity contribution in [3.05, 3.63) is 85.6 Å². The first-order valence-corrected chi connectivity index (χ1v) is 11.8. The first-order chi connectivity index (χ1) is 16.3. The van der Waals surface area contributed by atoms with Crippen LogP contribution in [0.15, 0.2) is 58.1 Å². The van der Waals surface area contributed by atoms with E-state index >= 15 is 0 Å². The van der Waals surface area contributed by atoms with Crippen LogP contribution in [-0.2, 0) is 19.5 Å². The minimum absolute atomic E-state index is 0.112. The first kappa shape index (κ1) is 25.7. The summed E-state index contributed by atoms with van der Waals surface area (Å²) in [5.41, 5.74) is 1.37. The summed E-state index contributed by atoms with van der Waals surface area (Å²) in [6.07, 6.45) is 2.08. The molecule has 1 heterocycles. The maximum Gasteiger partial charge on any atom is 0.354 e. The van der Waals surface area contributed by atoms with Gasteiger partial charge in [0.2, 0.25) is 5.95 Å². The summed E-state index contributed by atoms with van der Waals surface area (Å²) < 4.78 is 2.30. The van der Waals surface area contributed by atoms with Crippen LogP contribution in [0.25, 0.3) is 0 Å². The molecule has 8 nitrogen and oxygen atoms in total. The van der Waals surface area contributed by atoms with Gasteiger partial charge in [0.15, 0.2) is 0 Å². The minimum atomic E-state index is -0.750. The molecule has 1 aromatic heterocycles. The molecule has 34 heavy (non-hydrogen) atoms. The molecule has 0 aliphatic carbocycles. The third-order valence-electron chi connectivity index (χ3n) is 5.85. The van der Waals surface area contributed by atoms with Crippen molar-refractivity contribution in [3.8, 4) is 0 Å². The lowest BCUT2D eigenvalue weighted by Gasteiger charge is -2.18. The van der Waals surface area contributed by atoms with Gasteiger partial charge in [-0.15, -0.1) is 0 Å². The van der Waals surface area contributed by atoms with Gasteiger partial charge in [-0.1, -0.05) is 56.1 Å². The Hall–Kier alpha value is -2.94. The van der Waals surface area contributed by atoms with E-state index in [9.17, 15) is 19.8 Å². The van der Waals surface area contributed by atoms with Crippen LogP contribution in [0.2, 0.25) is 5.02 Å². The lowest BCUT2D eigenvalue weighted by Crippen LogP contribution is -2.44. The average Bonchev–Trinajstić information content (AvgIpc) is 2.84. The number of halogens is 1. The third-order valence-corrected chi connectivity index (χ3v) is 6.10. The van der Waals surface area contributed by atoms with Crippen LogP contribution >= 0.6 is 11.6 Å². The van der Waals surface area contributed by atoms with Crippen molar-refractivity contribution in [2.45, 2.75) is 39.8 Å². The summed E-state index contributed by atoms with van der Waals surface area (Å²) in [6.45, 7) is 3.67. The van der Waals surface area contributed by atoms with E-state index in [1.807, 2.05) is 24.3 Å². The number of benzene rings is 2. The predicted octanol–water partition coefficient (Wildman–Crippen LogP) is 3.04. The Morgan fingerprint density at radius 3 is 2.18 bits per heavy atom. The Balaban J connectivity index is 1.98. The topological polar surface area (TPSA) is 109 Å². The molecule has 1 atom stereocenters. The highest BCUT2D eigenvalue weighted by Gasteiger charge is 2.17. The number of aliphatic hydroxyl groups is 2. The normalized spacial score (nSPS) is 12.2. The van der Waals surface area contributed by atoms with Crippen molar-refractivity contribution in [3.63, 3.8) is 0 Å². The van der Waals surface area contributed by atoms with Crippen LogP contribution in [0, 0.1) is 11.8 Å². The molecule has 0 spiro atoms. The second-order valence-electron chi connectivity index (χ2n) is 8.59. The van der Waals surface area contributed by atoms with Crippen molar-refractivity contribution in [2.75, 3.05) is 18.5 Å². The Morgan fingerprint density at radius 1 is 0.971 bits per heavy atom. The Labute approximate surface area is 203 Å². The quantitative estimate of drug-likeness (QED) is 0.384. The van der Waals surface area contributed by atoms with E-state index in [-0.39, 0.29) is 32.3 Å². The highest BCUT2D eigenvalue weighted by molar-refractivity contribution is 6.30. The molecule has 3 N–H and O–H groups in total. The van der Waals surface area contributed by atoms with E-state index in [0.29, 0.717) is 16.6 Å². The first-order valence-electron chi connectivity index (χ1n) is 11.4. The van der Waals surface area contributed by atoms with Gasteiger partial charge >= 0.3 is 11.4 Å². The van der Waals surface area contributed by atoms with Crippen LogP contribution < -0.4 is 16.7 Å². The Morgan fingerprint density at radius 2 is 1.59 bits per heavy atom. The summed E-state index contributed by atoms with van der Waals surface area (Å²) >= 11 is 5.99. The van der Waals surface area contributed by atoms with Crippen LogP contribution in [0.5, 0.6) is 0 Å². The number of aliphatic hydroxyl groups excluding tert-OH is 2. The van der Waals surface area contributed by atoms with Gasteiger partial charge in [-0.2, -0.15) is 4.98 Å². The van der Waals surface area contributed by atoms with Crippen molar-refractivity contribution in [1.82, 2.24) is 14.1 Å². The standard InChI is InChI=1S/C25H31ClN4O4/c1-3-17(2)12-18-6-10-22(11-7-18)27-23-28-24(33)30(14-20(15-31)16-32)25(34)29(23)13-19-4-8-21(26)9-5-19/h4-11,17,20,31-32H,3,12-16H2,1-2H3,(H,27,28,33). The fourth-order valence-corrected chi connectivity index (χ4v) is 3.65. The molecule has 0 fully saturated rings. The molecule has 0 aliphatic heterocycles. The van der Waals surface area contributed by atoms with Crippen molar-refractivity contribution in [1.29, 1.82) is 0 Å². The maximum atomic E-state index is 13.3. The van der Waals surface area contributed by atoms with Crippen molar-refractivity contribution >= 4 is 23.2 Å². The van der Waals surface area contributed by atoms with E-state index < -0.39 is 17.3 Å². The molecule has 0 saturated carbocycles. The molecule has 0 saturated heterocycles. The van der Waals surface area contributed by atoms with Crippen molar-refractivity contribution in [2.24, 2.45) is 11.8 Å². The Bertz CT molecular complexity index is 1190. The zero-order valence-electron chi connectivity index (χ0n) is 19.4. The molecule has 182 valence electrons. The number of rotatable bonds is 11. The van der Waals surface area contributed by atoms with E-state index in [2.05, 4.69) is 24.1 Å². The smallest absolute Gasteiger partial charge is 0.354 e. The molecule has 3 aromatic rings. The number of anilines is 2. The third kappa shape index (κ3) is 6.56. The molecular weight excluding hydrogens is 456 g/mol. The van der Waals surface area contributed by atoms with E-state index in [1.165, 1.54) is 10.1 Å². The summed E-state index contributed by atoms with van der Waals surface area (Å²) in [6, 6.07) is 14.9. The Kier molecular flexibility index (Phi) is 9.04. The van der Waals surface area contributed by atoms with Crippen molar-refractivity contribution < 1.29 is 10.2 Å². The van der Waals surface area contributed by atoms with Gasteiger partial charge in [-0.05, 0) is 47.7 Å².